The van der Waals surface area contributed by atoms with Gasteiger partial charge in [0.25, 0.3) is 0 Å². The summed E-state index contributed by atoms with van der Waals surface area (Å²) in [7, 11) is 0. The molecule has 0 aliphatic heterocycles. The Morgan fingerprint density at radius 2 is 2.56 bits per heavy atom. The molecule has 0 N–H and O–H groups in total. The van der Waals surface area contributed by atoms with E-state index < -0.39 is 0 Å². The molecule has 9 heavy (non-hydrogen) atoms. The quantitative estimate of drug-likeness (QED) is 0.549. The SMILES string of the molecule is C=C[C@H](C)c1ccco1. The van der Waals surface area contributed by atoms with Crippen molar-refractivity contribution in [3.63, 3.8) is 0 Å². The summed E-state index contributed by atoms with van der Waals surface area (Å²) in [6.45, 7) is 5.70. The van der Waals surface area contributed by atoms with Gasteiger partial charge in [0.1, 0.15) is 5.76 Å². The molecule has 1 heteroatoms. The summed E-state index contributed by atoms with van der Waals surface area (Å²) in [4.78, 5) is 0. The van der Waals surface area contributed by atoms with E-state index in [2.05, 4.69) is 6.58 Å². The zero-order valence-electron chi connectivity index (χ0n) is 5.50. The fourth-order valence-electron chi connectivity index (χ4n) is 0.667. The first-order chi connectivity index (χ1) is 4.34. The van der Waals surface area contributed by atoms with Crippen molar-refractivity contribution in [2.24, 2.45) is 0 Å². The Labute approximate surface area is 55.0 Å². The van der Waals surface area contributed by atoms with E-state index in [1.807, 2.05) is 25.1 Å². The van der Waals surface area contributed by atoms with Crippen molar-refractivity contribution in [1.29, 1.82) is 0 Å². The van der Waals surface area contributed by atoms with E-state index in [1.165, 1.54) is 0 Å². The maximum absolute atomic E-state index is 5.11. The van der Waals surface area contributed by atoms with Gasteiger partial charge in [-0.25, -0.2) is 0 Å². The van der Waals surface area contributed by atoms with Crippen LogP contribution in [-0.2, 0) is 0 Å². The second-order valence-corrected chi connectivity index (χ2v) is 2.04. The van der Waals surface area contributed by atoms with Crippen LogP contribution in [0.15, 0.2) is 35.5 Å². The summed E-state index contributed by atoms with van der Waals surface area (Å²) in [5, 5.41) is 0. The van der Waals surface area contributed by atoms with E-state index >= 15 is 0 Å². The normalized spacial score (nSPS) is 13.0. The van der Waals surface area contributed by atoms with Crippen LogP contribution >= 0.6 is 0 Å². The van der Waals surface area contributed by atoms with Crippen molar-refractivity contribution in [2.45, 2.75) is 12.8 Å². The maximum Gasteiger partial charge on any atom is 0.110 e. The van der Waals surface area contributed by atoms with E-state index in [1.54, 1.807) is 6.26 Å². The first-order valence-corrected chi connectivity index (χ1v) is 3.00. The van der Waals surface area contributed by atoms with Gasteiger partial charge >= 0.3 is 0 Å². The molecular weight excluding hydrogens is 112 g/mol. The van der Waals surface area contributed by atoms with Crippen LogP contribution in [0.4, 0.5) is 0 Å². The van der Waals surface area contributed by atoms with Gasteiger partial charge in [-0.3, -0.25) is 0 Å². The topological polar surface area (TPSA) is 13.1 Å². The average Bonchev–Trinajstić information content (AvgIpc) is 2.37. The second-order valence-electron chi connectivity index (χ2n) is 2.04. The third-order valence-corrected chi connectivity index (χ3v) is 1.35. The lowest BCUT2D eigenvalue weighted by atomic mass is 10.1. The van der Waals surface area contributed by atoms with Gasteiger partial charge in [-0.05, 0) is 12.1 Å². The van der Waals surface area contributed by atoms with Crippen molar-refractivity contribution < 1.29 is 4.42 Å². The summed E-state index contributed by atoms with van der Waals surface area (Å²) < 4.78 is 5.11. The van der Waals surface area contributed by atoms with Crippen LogP contribution in [0.1, 0.15) is 18.6 Å². The average molecular weight is 122 g/mol. The fraction of sp³-hybridized carbons (Fsp3) is 0.250. The molecule has 0 spiro atoms. The van der Waals surface area contributed by atoms with Crippen molar-refractivity contribution in [1.82, 2.24) is 0 Å². The molecule has 0 aliphatic rings. The molecule has 1 atom stereocenters. The third-order valence-electron chi connectivity index (χ3n) is 1.35. The van der Waals surface area contributed by atoms with Crippen LogP contribution in [0.2, 0.25) is 0 Å². The Bertz CT molecular complexity index is 174. The van der Waals surface area contributed by atoms with Gasteiger partial charge in [0.05, 0.1) is 6.26 Å². The van der Waals surface area contributed by atoms with Crippen LogP contribution in [-0.4, -0.2) is 0 Å². The first kappa shape index (κ1) is 6.14. The predicted octanol–water partition coefficient (Wildman–Crippen LogP) is 2.57. The molecule has 0 fully saturated rings. The van der Waals surface area contributed by atoms with Gasteiger partial charge < -0.3 is 4.42 Å². The minimum absolute atomic E-state index is 0.333. The van der Waals surface area contributed by atoms with Crippen molar-refractivity contribution in [2.75, 3.05) is 0 Å². The fourth-order valence-corrected chi connectivity index (χ4v) is 0.667. The van der Waals surface area contributed by atoms with Gasteiger partial charge in [-0.1, -0.05) is 13.0 Å². The molecule has 48 valence electrons. The molecular formula is C8H10O. The molecule has 0 saturated heterocycles. The Kier molecular flexibility index (Phi) is 1.73. The number of furan rings is 1. The monoisotopic (exact) mass is 122 g/mol. The molecule has 1 nitrogen and oxygen atoms in total. The molecule has 0 aliphatic carbocycles. The highest BCUT2D eigenvalue weighted by Crippen LogP contribution is 2.14. The Morgan fingerprint density at radius 1 is 1.78 bits per heavy atom. The van der Waals surface area contributed by atoms with Crippen molar-refractivity contribution in [3.8, 4) is 0 Å². The molecule has 0 aromatic carbocycles. The van der Waals surface area contributed by atoms with Gasteiger partial charge in [0, 0.05) is 5.92 Å². The first-order valence-electron chi connectivity index (χ1n) is 3.00. The molecule has 0 unspecified atom stereocenters. The lowest BCUT2D eigenvalue weighted by Gasteiger charge is -1.97. The van der Waals surface area contributed by atoms with Crippen LogP contribution < -0.4 is 0 Å². The zero-order valence-corrected chi connectivity index (χ0v) is 5.50. The molecule has 1 aromatic rings. The largest absolute Gasteiger partial charge is 0.469 e. The van der Waals surface area contributed by atoms with E-state index in [4.69, 9.17) is 4.42 Å². The highest BCUT2D eigenvalue weighted by atomic mass is 16.3. The van der Waals surface area contributed by atoms with Crippen molar-refractivity contribution >= 4 is 0 Å². The minimum Gasteiger partial charge on any atom is -0.469 e. The van der Waals surface area contributed by atoms with Crippen LogP contribution in [0.3, 0.4) is 0 Å². The lowest BCUT2D eigenvalue weighted by molar-refractivity contribution is 0.500. The van der Waals surface area contributed by atoms with Crippen LogP contribution in [0.25, 0.3) is 0 Å². The van der Waals surface area contributed by atoms with E-state index in [-0.39, 0.29) is 0 Å². The van der Waals surface area contributed by atoms with Gasteiger partial charge in [-0.15, -0.1) is 6.58 Å². The van der Waals surface area contributed by atoms with Crippen LogP contribution in [0, 0.1) is 0 Å². The second kappa shape index (κ2) is 2.53. The van der Waals surface area contributed by atoms with Gasteiger partial charge in [0.15, 0.2) is 0 Å². The molecule has 1 rings (SSSR count). The third kappa shape index (κ3) is 1.22. The van der Waals surface area contributed by atoms with Gasteiger partial charge in [-0.2, -0.15) is 0 Å². The summed E-state index contributed by atoms with van der Waals surface area (Å²) in [6.07, 6.45) is 3.54. The summed E-state index contributed by atoms with van der Waals surface area (Å²) in [5.74, 6) is 1.31. The summed E-state index contributed by atoms with van der Waals surface area (Å²) in [5.41, 5.74) is 0. The number of hydrogen-bond acceptors (Lipinski definition) is 1. The summed E-state index contributed by atoms with van der Waals surface area (Å²) >= 11 is 0. The van der Waals surface area contributed by atoms with E-state index in [0.717, 1.165) is 5.76 Å². The highest BCUT2D eigenvalue weighted by Gasteiger charge is 2.00. The Balaban J connectivity index is 2.76. The molecule has 1 aromatic heterocycles. The number of rotatable bonds is 2. The van der Waals surface area contributed by atoms with Crippen molar-refractivity contribution in [3.05, 3.63) is 36.8 Å². The number of hydrogen-bond donors (Lipinski definition) is 0. The van der Waals surface area contributed by atoms with E-state index in [9.17, 15) is 0 Å². The Morgan fingerprint density at radius 3 is 3.00 bits per heavy atom. The molecule has 0 bridgehead atoms. The molecule has 0 radical (unpaired) electrons. The minimum atomic E-state index is 0.333. The summed E-state index contributed by atoms with van der Waals surface area (Å²) in [6, 6.07) is 3.84. The van der Waals surface area contributed by atoms with Crippen LogP contribution in [0.5, 0.6) is 0 Å². The number of allylic oxidation sites excluding steroid dienone is 1. The lowest BCUT2D eigenvalue weighted by Crippen LogP contribution is -1.82. The Hall–Kier alpha value is -0.980. The molecule has 0 amide bonds. The maximum atomic E-state index is 5.11. The highest BCUT2D eigenvalue weighted by molar-refractivity contribution is 5.09. The molecule has 0 saturated carbocycles. The smallest absolute Gasteiger partial charge is 0.110 e. The molecule has 1 heterocycles. The zero-order chi connectivity index (χ0) is 6.69. The standard InChI is InChI=1S/C8H10O/c1-3-7(2)8-5-4-6-9-8/h3-7H,1H2,2H3/t7-/m0/s1. The predicted molar refractivity (Wildman–Crippen MR) is 37.3 cm³/mol. The van der Waals surface area contributed by atoms with E-state index in [0.29, 0.717) is 5.92 Å². The van der Waals surface area contributed by atoms with Gasteiger partial charge in [0.2, 0.25) is 0 Å².